The smallest absolute Gasteiger partial charge is 0.261 e. The second-order valence-corrected chi connectivity index (χ2v) is 9.25. The van der Waals surface area contributed by atoms with Crippen LogP contribution in [0.3, 0.4) is 0 Å². The van der Waals surface area contributed by atoms with Crippen molar-refractivity contribution >= 4 is 45.6 Å². The van der Waals surface area contributed by atoms with Crippen molar-refractivity contribution in [2.24, 2.45) is 5.73 Å². The molecule has 0 aliphatic carbocycles. The van der Waals surface area contributed by atoms with E-state index < -0.39 is 6.10 Å². The molecule has 0 saturated heterocycles. The first-order valence-corrected chi connectivity index (χ1v) is 12.6. The Morgan fingerprint density at radius 1 is 1.12 bits per heavy atom. The first kappa shape index (κ1) is 24.1. The number of nitrogens with two attached hydrogens (primary N) is 1. The fourth-order valence-corrected chi connectivity index (χ4v) is 4.55. The first-order valence-electron chi connectivity index (χ1n) is 11.1. The highest BCUT2D eigenvalue weighted by Crippen LogP contribution is 2.28. The van der Waals surface area contributed by atoms with Crippen molar-refractivity contribution in [2.75, 3.05) is 17.6 Å². The molecule has 2 aromatic heterocycles. The highest BCUT2D eigenvalue weighted by Gasteiger charge is 2.19. The molecule has 8 heteroatoms. The minimum atomic E-state index is -0.734. The van der Waals surface area contributed by atoms with E-state index in [1.807, 2.05) is 54.6 Å². The van der Waals surface area contributed by atoms with Crippen LogP contribution in [0.5, 0.6) is 5.88 Å². The molecule has 4 rings (SSSR count). The summed E-state index contributed by atoms with van der Waals surface area (Å²) in [5.74, 6) is 0.700. The quantitative estimate of drug-likeness (QED) is 0.241. The van der Waals surface area contributed by atoms with Gasteiger partial charge in [0.15, 0.2) is 6.10 Å². The number of rotatable bonds is 10. The van der Waals surface area contributed by atoms with Crippen molar-refractivity contribution in [3.8, 4) is 17.1 Å². The number of aromatic nitrogens is 1. The number of benzene rings is 2. The normalized spacial score (nSPS) is 12.8. The van der Waals surface area contributed by atoms with E-state index in [1.165, 1.54) is 4.70 Å². The summed E-state index contributed by atoms with van der Waals surface area (Å²) in [7, 11) is 0. The molecule has 0 spiro atoms. The third-order valence-corrected chi connectivity index (χ3v) is 6.87. The van der Waals surface area contributed by atoms with E-state index in [0.717, 1.165) is 22.2 Å². The molecule has 6 nitrogen and oxygen atoms in total. The molecule has 0 bridgehead atoms. The van der Waals surface area contributed by atoms with Crippen LogP contribution < -0.4 is 21.1 Å². The third kappa shape index (κ3) is 5.88. The average Bonchev–Trinajstić information content (AvgIpc) is 3.29. The lowest BCUT2D eigenvalue weighted by Gasteiger charge is -2.19. The van der Waals surface area contributed by atoms with Crippen LogP contribution in [0.25, 0.3) is 21.3 Å². The monoisotopic (exact) mass is 492 g/mol. The second-order valence-electron chi connectivity index (χ2n) is 7.97. The molecule has 2 atom stereocenters. The molecular formula is C26H28N4O2S2. The third-order valence-electron chi connectivity index (χ3n) is 5.39. The van der Waals surface area contributed by atoms with Crippen LogP contribution in [-0.2, 0) is 11.3 Å². The number of thiol groups is 1. The predicted molar refractivity (Wildman–Crippen MR) is 144 cm³/mol. The number of nitrogens with zero attached hydrogens (tertiary/aromatic N) is 1. The molecule has 1 unspecified atom stereocenters. The van der Waals surface area contributed by atoms with Gasteiger partial charge in [0.05, 0.1) is 11.4 Å². The Hall–Kier alpha value is -3.07. The van der Waals surface area contributed by atoms with E-state index in [0.29, 0.717) is 30.4 Å². The van der Waals surface area contributed by atoms with Gasteiger partial charge in [-0.05, 0) is 41.5 Å². The van der Waals surface area contributed by atoms with Gasteiger partial charge in [-0.3, -0.25) is 4.79 Å². The Bertz CT molecular complexity index is 1250. The van der Waals surface area contributed by atoms with Gasteiger partial charge in [0.1, 0.15) is 0 Å². The molecule has 4 N–H and O–H groups in total. The van der Waals surface area contributed by atoms with Crippen molar-refractivity contribution in [1.82, 2.24) is 10.3 Å². The van der Waals surface area contributed by atoms with E-state index >= 15 is 0 Å². The van der Waals surface area contributed by atoms with Gasteiger partial charge >= 0.3 is 0 Å². The molecule has 34 heavy (non-hydrogen) atoms. The summed E-state index contributed by atoms with van der Waals surface area (Å²) in [5.41, 5.74) is 9.50. The standard InChI is InChI=1S/C26H28N4O2S2/c1-17(25(31)29-13-19-16-34-24-10-6-5-9-21(19)24)32-26-23(28-14-20(27)15-33)12-11-22(30-26)18-7-3-2-4-8-18/h2-12,16-17,20,28,33H,13-15,27H2,1H3,(H,29,31)/t17-,20?/m1/s1. The van der Waals surface area contributed by atoms with E-state index in [4.69, 9.17) is 15.5 Å². The Kier molecular flexibility index (Phi) is 8.05. The van der Waals surface area contributed by atoms with Crippen molar-refractivity contribution in [3.63, 3.8) is 0 Å². The van der Waals surface area contributed by atoms with Gasteiger partial charge < -0.3 is 21.1 Å². The largest absolute Gasteiger partial charge is 0.463 e. The molecule has 2 aromatic carbocycles. The Morgan fingerprint density at radius 2 is 1.88 bits per heavy atom. The Morgan fingerprint density at radius 3 is 2.68 bits per heavy atom. The maximum atomic E-state index is 12.8. The van der Waals surface area contributed by atoms with E-state index in [1.54, 1.807) is 18.3 Å². The number of nitrogens with one attached hydrogen (secondary N) is 2. The van der Waals surface area contributed by atoms with Crippen molar-refractivity contribution in [2.45, 2.75) is 25.6 Å². The van der Waals surface area contributed by atoms with Crippen molar-refractivity contribution in [1.29, 1.82) is 0 Å². The summed E-state index contributed by atoms with van der Waals surface area (Å²) in [4.78, 5) is 17.5. The number of carbonyl (C=O) groups excluding carboxylic acids is 1. The number of ether oxygens (including phenoxy) is 1. The summed E-state index contributed by atoms with van der Waals surface area (Å²) >= 11 is 5.91. The van der Waals surface area contributed by atoms with Gasteiger partial charge in [0.2, 0.25) is 5.88 Å². The average molecular weight is 493 g/mol. The zero-order valence-corrected chi connectivity index (χ0v) is 20.6. The lowest BCUT2D eigenvalue weighted by Crippen LogP contribution is -2.36. The minimum Gasteiger partial charge on any atom is -0.463 e. The highest BCUT2D eigenvalue weighted by molar-refractivity contribution is 7.80. The maximum absolute atomic E-state index is 12.8. The van der Waals surface area contributed by atoms with Crippen molar-refractivity contribution in [3.05, 3.63) is 77.7 Å². The summed E-state index contributed by atoms with van der Waals surface area (Å²) in [5, 5.41) is 9.49. The zero-order chi connectivity index (χ0) is 23.9. The summed E-state index contributed by atoms with van der Waals surface area (Å²) < 4.78 is 7.25. The molecule has 1 amide bonds. The molecular weight excluding hydrogens is 464 g/mol. The number of fused-ring (bicyclic) bond motifs is 1. The number of hydrogen-bond donors (Lipinski definition) is 4. The second kappa shape index (κ2) is 11.4. The lowest BCUT2D eigenvalue weighted by atomic mass is 10.1. The van der Waals surface area contributed by atoms with Gasteiger partial charge in [-0.25, -0.2) is 4.98 Å². The fourth-order valence-electron chi connectivity index (χ4n) is 3.46. The molecule has 2 heterocycles. The van der Waals surface area contributed by atoms with Gasteiger partial charge in [-0.1, -0.05) is 48.5 Å². The fraction of sp³-hybridized carbons (Fsp3) is 0.231. The van der Waals surface area contributed by atoms with Crippen molar-refractivity contribution < 1.29 is 9.53 Å². The summed E-state index contributed by atoms with van der Waals surface area (Å²) in [6.45, 7) is 2.68. The van der Waals surface area contributed by atoms with Crippen LogP contribution in [0.1, 0.15) is 12.5 Å². The van der Waals surface area contributed by atoms with E-state index in [9.17, 15) is 4.79 Å². The van der Waals surface area contributed by atoms with E-state index in [-0.39, 0.29) is 11.9 Å². The molecule has 0 radical (unpaired) electrons. The SMILES string of the molecule is C[C@@H](Oc1nc(-c2ccccc2)ccc1NCC(N)CS)C(=O)NCc1csc2ccccc12. The number of amides is 1. The predicted octanol–water partition coefficient (Wildman–Crippen LogP) is 4.72. The number of carbonyl (C=O) groups is 1. The number of hydrogen-bond acceptors (Lipinski definition) is 7. The molecule has 0 saturated carbocycles. The first-order chi connectivity index (χ1) is 16.5. The minimum absolute atomic E-state index is 0.119. The van der Waals surface area contributed by atoms with Crippen LogP contribution in [-0.4, -0.2) is 35.3 Å². The molecule has 0 aliphatic heterocycles. The Labute approximate surface area is 209 Å². The van der Waals surface area contributed by atoms with Crippen LogP contribution in [0, 0.1) is 0 Å². The molecule has 0 fully saturated rings. The van der Waals surface area contributed by atoms with Gasteiger partial charge in [0, 0.05) is 35.1 Å². The topological polar surface area (TPSA) is 89.3 Å². The highest BCUT2D eigenvalue weighted by atomic mass is 32.1. The van der Waals surface area contributed by atoms with Crippen LogP contribution in [0.4, 0.5) is 5.69 Å². The molecule has 176 valence electrons. The van der Waals surface area contributed by atoms with Crippen LogP contribution in [0.15, 0.2) is 72.1 Å². The Balaban J connectivity index is 1.48. The summed E-state index contributed by atoms with van der Waals surface area (Å²) in [6, 6.07) is 21.7. The zero-order valence-electron chi connectivity index (χ0n) is 18.9. The van der Waals surface area contributed by atoms with Crippen LogP contribution in [0.2, 0.25) is 0 Å². The number of thiophene rings is 1. The maximum Gasteiger partial charge on any atom is 0.261 e. The number of anilines is 1. The van der Waals surface area contributed by atoms with E-state index in [2.05, 4.69) is 40.8 Å². The van der Waals surface area contributed by atoms with Crippen LogP contribution >= 0.6 is 24.0 Å². The van der Waals surface area contributed by atoms with Gasteiger partial charge in [0.25, 0.3) is 5.91 Å². The summed E-state index contributed by atoms with van der Waals surface area (Å²) in [6.07, 6.45) is -0.734. The van der Waals surface area contributed by atoms with Gasteiger partial charge in [-0.15, -0.1) is 11.3 Å². The molecule has 4 aromatic rings. The lowest BCUT2D eigenvalue weighted by molar-refractivity contribution is -0.127. The molecule has 0 aliphatic rings. The van der Waals surface area contributed by atoms with Gasteiger partial charge in [-0.2, -0.15) is 12.6 Å². The number of pyridine rings is 1.